The van der Waals surface area contributed by atoms with Gasteiger partial charge >= 0.3 is 5.97 Å². The van der Waals surface area contributed by atoms with Gasteiger partial charge in [0.2, 0.25) is 5.91 Å². The van der Waals surface area contributed by atoms with E-state index in [9.17, 15) is 19.1 Å². The minimum atomic E-state index is -0.878. The lowest BCUT2D eigenvalue weighted by Gasteiger charge is -2.38. The maximum atomic E-state index is 14.2. The maximum Gasteiger partial charge on any atom is 0.323 e. The van der Waals surface area contributed by atoms with Crippen molar-refractivity contribution in [2.75, 3.05) is 0 Å². The smallest absolute Gasteiger partial charge is 0.323 e. The number of nitrogens with zero attached hydrogens (tertiary/aromatic N) is 2. The number of benzene rings is 3. The molecule has 1 aliphatic rings. The fraction of sp³-hybridized carbons (Fsp3) is 0.267. The van der Waals surface area contributed by atoms with E-state index in [0.717, 1.165) is 33.3 Å². The van der Waals surface area contributed by atoms with Gasteiger partial charge in [-0.05, 0) is 54.2 Å². The van der Waals surface area contributed by atoms with Crippen LogP contribution in [0.5, 0.6) is 0 Å². The van der Waals surface area contributed by atoms with Crippen LogP contribution in [0.3, 0.4) is 0 Å². The van der Waals surface area contributed by atoms with Crippen LogP contribution < -0.4 is 0 Å². The van der Waals surface area contributed by atoms with E-state index in [0.29, 0.717) is 32.4 Å². The van der Waals surface area contributed by atoms with Gasteiger partial charge in [0.25, 0.3) is 0 Å². The summed E-state index contributed by atoms with van der Waals surface area (Å²) in [5, 5.41) is 10.5. The molecule has 184 valence electrons. The van der Waals surface area contributed by atoms with Gasteiger partial charge in [-0.2, -0.15) is 0 Å². The van der Waals surface area contributed by atoms with E-state index in [2.05, 4.69) is 0 Å². The molecule has 0 saturated heterocycles. The highest BCUT2D eigenvalue weighted by Crippen LogP contribution is 2.42. The molecule has 1 unspecified atom stereocenters. The number of halogens is 1. The van der Waals surface area contributed by atoms with Crippen molar-refractivity contribution < 1.29 is 19.1 Å². The van der Waals surface area contributed by atoms with E-state index in [4.69, 9.17) is 0 Å². The van der Waals surface area contributed by atoms with Crippen LogP contribution >= 0.6 is 0 Å². The molecule has 0 bridgehead atoms. The van der Waals surface area contributed by atoms with E-state index in [-0.39, 0.29) is 18.3 Å². The van der Waals surface area contributed by atoms with Gasteiger partial charge in [-0.1, -0.05) is 67.6 Å². The Bertz CT molecular complexity index is 1410. The van der Waals surface area contributed by atoms with Crippen molar-refractivity contribution in [1.29, 1.82) is 0 Å². The van der Waals surface area contributed by atoms with E-state index in [1.54, 1.807) is 12.1 Å². The van der Waals surface area contributed by atoms with Crippen LogP contribution in [0.25, 0.3) is 10.9 Å². The number of aromatic nitrogens is 1. The largest absolute Gasteiger partial charge is 0.480 e. The highest BCUT2D eigenvalue weighted by atomic mass is 19.1. The summed E-state index contributed by atoms with van der Waals surface area (Å²) in [4.78, 5) is 27.6. The van der Waals surface area contributed by atoms with Gasteiger partial charge in [0.1, 0.15) is 12.4 Å². The summed E-state index contributed by atoms with van der Waals surface area (Å²) in [6, 6.07) is 24.0. The minimum absolute atomic E-state index is 0.0522. The van der Waals surface area contributed by atoms with Crippen LogP contribution in [-0.2, 0) is 42.1 Å². The summed E-state index contributed by atoms with van der Waals surface area (Å²) >= 11 is 0. The first-order chi connectivity index (χ1) is 17.3. The second-order valence-electron chi connectivity index (χ2n) is 9.93. The molecule has 1 heterocycles. The van der Waals surface area contributed by atoms with E-state index in [1.807, 2.05) is 71.0 Å². The maximum absolute atomic E-state index is 14.2. The third kappa shape index (κ3) is 4.63. The summed E-state index contributed by atoms with van der Waals surface area (Å²) in [5.74, 6) is -1.13. The minimum Gasteiger partial charge on any atom is -0.480 e. The molecule has 5 rings (SSSR count). The molecule has 0 aliphatic heterocycles. The number of amides is 1. The van der Waals surface area contributed by atoms with E-state index < -0.39 is 11.4 Å². The predicted molar refractivity (Wildman–Crippen MR) is 137 cm³/mol. The zero-order valence-electron chi connectivity index (χ0n) is 20.3. The lowest BCUT2D eigenvalue weighted by Crippen LogP contribution is -2.44. The van der Waals surface area contributed by atoms with Crippen molar-refractivity contribution >= 4 is 22.8 Å². The number of carbonyl (C=O) groups excluding carboxylic acids is 1. The molecule has 0 fully saturated rings. The average Bonchev–Trinajstić information content (AvgIpc) is 3.17. The van der Waals surface area contributed by atoms with Crippen LogP contribution in [0.4, 0.5) is 4.39 Å². The van der Waals surface area contributed by atoms with Crippen LogP contribution in [0.1, 0.15) is 35.7 Å². The third-order valence-electron chi connectivity index (χ3n) is 7.27. The topological polar surface area (TPSA) is 62.5 Å². The zero-order valence-corrected chi connectivity index (χ0v) is 20.3. The van der Waals surface area contributed by atoms with Crippen molar-refractivity contribution in [2.45, 2.75) is 45.8 Å². The molecule has 0 saturated carbocycles. The Hall–Kier alpha value is -3.93. The molecule has 3 aromatic carbocycles. The fourth-order valence-electron chi connectivity index (χ4n) is 5.48. The van der Waals surface area contributed by atoms with Crippen molar-refractivity contribution in [3.05, 3.63) is 107 Å². The van der Waals surface area contributed by atoms with Crippen LogP contribution in [-0.4, -0.2) is 26.5 Å². The Morgan fingerprint density at radius 2 is 1.58 bits per heavy atom. The quantitative estimate of drug-likeness (QED) is 0.372. The van der Waals surface area contributed by atoms with E-state index in [1.165, 1.54) is 12.1 Å². The van der Waals surface area contributed by atoms with E-state index >= 15 is 0 Å². The summed E-state index contributed by atoms with van der Waals surface area (Å²) in [6.07, 6.45) is 1.81. The second-order valence-corrected chi connectivity index (χ2v) is 9.93. The molecule has 0 radical (unpaired) electrons. The molecule has 1 aromatic heterocycles. The molecular weight excluding hydrogens is 455 g/mol. The number of para-hydroxylation sites is 1. The fourth-order valence-corrected chi connectivity index (χ4v) is 5.48. The monoisotopic (exact) mass is 484 g/mol. The highest BCUT2D eigenvalue weighted by molar-refractivity contribution is 5.90. The first kappa shape index (κ1) is 23.8. The standard InChI is InChI=1S/C30H29FN2O3/c1-30(16-15-27-25(17-30)24-9-5-6-10-26(24)33(27)20-28(34)35)29(36)32(18-21-7-3-2-4-8-21)19-22-11-13-23(31)14-12-22/h2-14H,15-20H2,1H3,(H,34,35). The third-order valence-corrected chi connectivity index (χ3v) is 7.27. The summed E-state index contributed by atoms with van der Waals surface area (Å²) in [7, 11) is 0. The number of carboxylic acids is 1. The normalized spacial score (nSPS) is 17.1. The van der Waals surface area contributed by atoms with Crippen molar-refractivity contribution in [1.82, 2.24) is 9.47 Å². The van der Waals surface area contributed by atoms with Crippen LogP contribution in [0.2, 0.25) is 0 Å². The number of rotatable bonds is 7. The number of carboxylic acid groups (broad SMARTS) is 1. The first-order valence-corrected chi connectivity index (χ1v) is 12.2. The number of fused-ring (bicyclic) bond motifs is 3. The Morgan fingerprint density at radius 1 is 0.944 bits per heavy atom. The number of aliphatic carboxylic acids is 1. The van der Waals surface area contributed by atoms with Gasteiger partial charge < -0.3 is 14.6 Å². The predicted octanol–water partition coefficient (Wildman–Crippen LogP) is 5.59. The summed E-state index contributed by atoms with van der Waals surface area (Å²) in [6.45, 7) is 2.77. The lowest BCUT2D eigenvalue weighted by atomic mass is 9.73. The second kappa shape index (κ2) is 9.61. The molecule has 4 aromatic rings. The number of hydrogen-bond donors (Lipinski definition) is 1. The Morgan fingerprint density at radius 3 is 2.28 bits per heavy atom. The molecule has 0 spiro atoms. The molecule has 1 amide bonds. The Labute approximate surface area is 209 Å². The van der Waals surface area contributed by atoms with Crippen molar-refractivity contribution in [3.63, 3.8) is 0 Å². The van der Waals surface area contributed by atoms with Crippen LogP contribution in [0.15, 0.2) is 78.9 Å². The SMILES string of the molecule is CC1(C(=O)N(Cc2ccccc2)Cc2ccc(F)cc2)CCc2c(c3ccccc3n2CC(=O)O)C1. The van der Waals surface area contributed by atoms with Gasteiger partial charge in [0.15, 0.2) is 0 Å². The van der Waals surface area contributed by atoms with Gasteiger partial charge in [0, 0.05) is 29.7 Å². The number of carbonyl (C=O) groups is 2. The van der Waals surface area contributed by atoms with Crippen LogP contribution in [0, 0.1) is 11.2 Å². The number of hydrogen-bond acceptors (Lipinski definition) is 2. The van der Waals surface area contributed by atoms with Gasteiger partial charge in [-0.15, -0.1) is 0 Å². The molecule has 6 heteroatoms. The molecule has 1 N–H and O–H groups in total. The summed E-state index contributed by atoms with van der Waals surface area (Å²) < 4.78 is 15.4. The molecule has 36 heavy (non-hydrogen) atoms. The Kier molecular flexibility index (Phi) is 6.35. The lowest BCUT2D eigenvalue weighted by molar-refractivity contribution is -0.143. The first-order valence-electron chi connectivity index (χ1n) is 12.2. The zero-order chi connectivity index (χ0) is 25.3. The Balaban J connectivity index is 1.49. The molecule has 5 nitrogen and oxygen atoms in total. The van der Waals surface area contributed by atoms with Gasteiger partial charge in [0.05, 0.1) is 5.41 Å². The van der Waals surface area contributed by atoms with Crippen molar-refractivity contribution in [3.8, 4) is 0 Å². The van der Waals surface area contributed by atoms with Gasteiger partial charge in [-0.3, -0.25) is 9.59 Å². The van der Waals surface area contributed by atoms with Gasteiger partial charge in [-0.25, -0.2) is 4.39 Å². The molecular formula is C30H29FN2O3. The summed E-state index contributed by atoms with van der Waals surface area (Å²) in [5.41, 5.74) is 4.24. The molecule has 1 aliphatic carbocycles. The molecule has 1 atom stereocenters. The average molecular weight is 485 g/mol. The highest BCUT2D eigenvalue weighted by Gasteiger charge is 2.41. The van der Waals surface area contributed by atoms with Crippen molar-refractivity contribution in [2.24, 2.45) is 5.41 Å².